The van der Waals surface area contributed by atoms with Crippen molar-refractivity contribution < 1.29 is 78.0 Å². The molecule has 0 bridgehead atoms. The molecular weight excluding hydrogens is 774 g/mol. The van der Waals surface area contributed by atoms with Gasteiger partial charge < -0.3 is 57.2 Å². The first-order chi connectivity index (χ1) is 27.1. The first-order valence-corrected chi connectivity index (χ1v) is 18.6. The number of hydrogen-bond donors (Lipinski definition) is 10. The largest absolute Gasteiger partial charge is 0.481 e. The number of amides is 7. The van der Waals surface area contributed by atoms with Crippen molar-refractivity contribution in [2.75, 3.05) is 13.1 Å². The number of hydrogen-bond acceptors (Lipinski definition) is 12. The van der Waals surface area contributed by atoms with E-state index in [0.717, 1.165) is 11.8 Å². The maximum Gasteiger partial charge on any atom is 0.322 e. The van der Waals surface area contributed by atoms with Crippen LogP contribution in [0.5, 0.6) is 0 Å². The van der Waals surface area contributed by atoms with Gasteiger partial charge in [-0.2, -0.15) is 0 Å². The predicted molar refractivity (Wildman–Crippen MR) is 196 cm³/mol. The van der Waals surface area contributed by atoms with Crippen molar-refractivity contribution in [1.82, 2.24) is 36.8 Å². The molecule has 1 heterocycles. The molecule has 0 aromatic carbocycles. The molecule has 0 unspecified atom stereocenters. The highest BCUT2D eigenvalue weighted by atomic mass is 16.4. The van der Waals surface area contributed by atoms with Gasteiger partial charge in [-0.15, -0.1) is 0 Å². The monoisotopic (exact) mass is 827 g/mol. The Kier molecular flexibility index (Phi) is 21.0. The molecule has 58 heavy (non-hydrogen) atoms. The van der Waals surface area contributed by atoms with Crippen LogP contribution in [0.25, 0.3) is 0 Å². The van der Waals surface area contributed by atoms with E-state index < -0.39 is 158 Å². The van der Waals surface area contributed by atoms with Gasteiger partial charge in [0.1, 0.15) is 36.8 Å². The van der Waals surface area contributed by atoms with Crippen LogP contribution in [0.3, 0.4) is 0 Å². The summed E-state index contributed by atoms with van der Waals surface area (Å²) >= 11 is 0. The van der Waals surface area contributed by atoms with Crippen LogP contribution in [0.2, 0.25) is 0 Å². The van der Waals surface area contributed by atoms with Gasteiger partial charge in [-0.05, 0) is 44.4 Å². The fourth-order valence-electron chi connectivity index (χ4n) is 5.88. The third-order valence-electron chi connectivity index (χ3n) is 8.80. The number of carbonyl (C=O) groups excluding carboxylic acids is 8. The lowest BCUT2D eigenvalue weighted by Gasteiger charge is -2.32. The molecule has 23 nitrogen and oxygen atoms in total. The number of rotatable bonds is 26. The first-order valence-electron chi connectivity index (χ1n) is 18.6. The van der Waals surface area contributed by atoms with Crippen LogP contribution in [0.4, 0.5) is 0 Å². The smallest absolute Gasteiger partial charge is 0.322 e. The predicted octanol–water partition coefficient (Wildman–Crippen LogP) is -2.76. The molecule has 324 valence electrons. The topological polar surface area (TPSA) is 361 Å². The molecule has 1 rings (SSSR count). The molecule has 0 aromatic heterocycles. The molecule has 23 heteroatoms. The van der Waals surface area contributed by atoms with Gasteiger partial charge in [0.05, 0.1) is 6.04 Å². The summed E-state index contributed by atoms with van der Waals surface area (Å²) in [6, 6.07) is -8.66. The third kappa shape index (κ3) is 17.3. The van der Waals surface area contributed by atoms with E-state index in [1.54, 1.807) is 20.8 Å². The second-order valence-electron chi connectivity index (χ2n) is 13.9. The minimum atomic E-state index is -1.68. The number of nitrogens with one attached hydrogen (secondary N) is 6. The zero-order valence-electron chi connectivity index (χ0n) is 32.7. The van der Waals surface area contributed by atoms with Gasteiger partial charge in [0.25, 0.3) is 5.91 Å². The molecule has 1 aliphatic rings. The lowest BCUT2D eigenvalue weighted by molar-refractivity contribution is -0.145. The highest BCUT2D eigenvalue weighted by Crippen LogP contribution is 2.21. The molecule has 1 aliphatic heterocycles. The lowest BCUT2D eigenvalue weighted by atomic mass is 10.00. The fraction of sp³-hybridized carbons (Fsp3) is 0.657. The van der Waals surface area contributed by atoms with Crippen molar-refractivity contribution in [2.45, 2.75) is 128 Å². The zero-order chi connectivity index (χ0) is 44.3. The summed E-state index contributed by atoms with van der Waals surface area (Å²) in [6.45, 7) is 5.05. The molecular formula is C35H53N7O16. The van der Waals surface area contributed by atoms with Crippen molar-refractivity contribution in [1.29, 1.82) is 0 Å². The maximum absolute atomic E-state index is 14.0. The van der Waals surface area contributed by atoms with Crippen LogP contribution in [0.1, 0.15) is 91.9 Å². The molecule has 1 saturated heterocycles. The number of nitrogens with zero attached hydrogens (tertiary/aromatic N) is 1. The van der Waals surface area contributed by atoms with Crippen molar-refractivity contribution in [3.63, 3.8) is 0 Å². The summed E-state index contributed by atoms with van der Waals surface area (Å²) in [5.41, 5.74) is 0. The van der Waals surface area contributed by atoms with E-state index in [9.17, 15) is 67.7 Å². The molecule has 1 fully saturated rings. The van der Waals surface area contributed by atoms with E-state index in [-0.39, 0.29) is 19.4 Å². The van der Waals surface area contributed by atoms with Crippen LogP contribution in [0, 0.1) is 5.92 Å². The Labute approximate surface area is 332 Å². The Morgan fingerprint density at radius 1 is 0.621 bits per heavy atom. The average molecular weight is 828 g/mol. The highest BCUT2D eigenvalue weighted by Gasteiger charge is 2.41. The zero-order valence-corrected chi connectivity index (χ0v) is 32.7. The minimum absolute atomic E-state index is 0.0152. The van der Waals surface area contributed by atoms with Crippen molar-refractivity contribution in [2.24, 2.45) is 5.92 Å². The third-order valence-corrected chi connectivity index (χ3v) is 8.80. The molecule has 0 saturated carbocycles. The molecule has 6 atom stereocenters. The van der Waals surface area contributed by atoms with E-state index in [4.69, 9.17) is 10.2 Å². The number of carboxylic acids is 4. The van der Waals surface area contributed by atoms with Gasteiger partial charge in [-0.25, -0.2) is 0 Å². The van der Waals surface area contributed by atoms with E-state index >= 15 is 0 Å². The number of aliphatic carboxylic acids is 4. The van der Waals surface area contributed by atoms with Gasteiger partial charge in [0.15, 0.2) is 0 Å². The Hall–Kier alpha value is -6.16. The molecule has 0 spiro atoms. The van der Waals surface area contributed by atoms with Gasteiger partial charge in [0.2, 0.25) is 41.2 Å². The van der Waals surface area contributed by atoms with Crippen LogP contribution in [-0.2, 0) is 57.5 Å². The Morgan fingerprint density at radius 2 is 1.09 bits per heavy atom. The second-order valence-corrected chi connectivity index (χ2v) is 13.9. The Morgan fingerprint density at radius 3 is 1.50 bits per heavy atom. The van der Waals surface area contributed by atoms with Crippen LogP contribution in [0.15, 0.2) is 0 Å². The number of carboxylic acid groups (broad SMARTS) is 4. The average Bonchev–Trinajstić information content (AvgIpc) is 3.63. The summed E-state index contributed by atoms with van der Waals surface area (Å²) in [5.74, 6) is -13.9. The quantitative estimate of drug-likeness (QED) is 0.0395. The summed E-state index contributed by atoms with van der Waals surface area (Å²) < 4.78 is 0. The van der Waals surface area contributed by atoms with Crippen molar-refractivity contribution in [3.8, 4) is 0 Å². The Balaban J connectivity index is 3.31. The van der Waals surface area contributed by atoms with Crippen LogP contribution >= 0.6 is 0 Å². The van der Waals surface area contributed by atoms with E-state index in [2.05, 4.69) is 26.6 Å². The normalized spacial score (nSPS) is 16.0. The molecule has 0 aliphatic carbocycles. The van der Waals surface area contributed by atoms with Crippen LogP contribution in [-0.4, -0.2) is 146 Å². The number of ketones is 1. The van der Waals surface area contributed by atoms with Crippen LogP contribution < -0.4 is 31.9 Å². The number of likely N-dealkylation sites (tertiary alicyclic amines) is 1. The van der Waals surface area contributed by atoms with Gasteiger partial charge in [-0.3, -0.25) is 57.5 Å². The molecule has 0 radical (unpaired) electrons. The Bertz CT molecular complexity index is 1580. The summed E-state index contributed by atoms with van der Waals surface area (Å²) in [6.07, 6.45) is -2.58. The first kappa shape index (κ1) is 49.9. The molecule has 0 aromatic rings. The fourth-order valence-corrected chi connectivity index (χ4v) is 5.88. The summed E-state index contributed by atoms with van der Waals surface area (Å²) in [5, 5.41) is 50.1. The van der Waals surface area contributed by atoms with Crippen molar-refractivity contribution in [3.05, 3.63) is 0 Å². The van der Waals surface area contributed by atoms with Gasteiger partial charge >= 0.3 is 23.9 Å². The SMILES string of the molecule is CCC[C@H](NC(=O)[C@@H]1CCCN1C(=O)[C@@H](NC(=O)[C@H](CCC(=O)O)NC(=O)[C@H](CCC(=O)O)NC(=O)[C@H](CCC(=O)O)NC(C)=O)C(C)C)C(=O)C(=O)NCC(=O)O. The van der Waals surface area contributed by atoms with Crippen molar-refractivity contribution >= 4 is 71.0 Å². The van der Waals surface area contributed by atoms with E-state index in [1.807, 2.05) is 5.32 Å². The number of Topliss-reactive ketones (excluding diaryl/α,β-unsaturated/α-hetero) is 1. The van der Waals surface area contributed by atoms with E-state index in [1.165, 1.54) is 0 Å². The second kappa shape index (κ2) is 24.5. The molecule has 7 amide bonds. The lowest BCUT2D eigenvalue weighted by Crippen LogP contribution is -2.60. The van der Waals surface area contributed by atoms with E-state index in [0.29, 0.717) is 12.8 Å². The maximum atomic E-state index is 14.0. The highest BCUT2D eigenvalue weighted by molar-refractivity contribution is 6.38. The standard InChI is InChI=1S/C35H53N7O16/c1-5-7-19(29(52)34(57)36-16-27(50)51)38-33(56)23-8-6-15-42(23)35(58)28(17(2)3)41-32(55)22(11-14-26(48)49)40-31(54)21(10-13-25(46)47)39-30(53)20(37-18(4)43)9-12-24(44)45/h17,19-23,28H,5-16H2,1-4H3,(H,36,57)(H,37,43)(H,38,56)(H,39,53)(H,40,54)(H,41,55)(H,44,45)(H,46,47)(H,48,49)(H,50,51)/t19-,20-,21-,22-,23-,28-/m0/s1. The van der Waals surface area contributed by atoms with Gasteiger partial charge in [0, 0.05) is 32.7 Å². The minimum Gasteiger partial charge on any atom is -0.481 e. The van der Waals surface area contributed by atoms with Gasteiger partial charge in [-0.1, -0.05) is 27.2 Å². The summed E-state index contributed by atoms with van der Waals surface area (Å²) in [4.78, 5) is 150. The summed E-state index contributed by atoms with van der Waals surface area (Å²) in [7, 11) is 0. The molecule has 10 N–H and O–H groups in total. The number of carbonyl (C=O) groups is 12.